The number of carbonyl (C=O) groups is 1. The molecule has 2 aromatic carbocycles. The summed E-state index contributed by atoms with van der Waals surface area (Å²) in [6.45, 7) is 1.99. The van der Waals surface area contributed by atoms with Crippen molar-refractivity contribution in [2.75, 3.05) is 16.8 Å². The van der Waals surface area contributed by atoms with Gasteiger partial charge in [-0.15, -0.1) is 10.2 Å². The summed E-state index contributed by atoms with van der Waals surface area (Å²) in [7, 11) is 1.86. The molecule has 1 heterocycles. The highest BCUT2D eigenvalue weighted by Gasteiger charge is 2.14. The monoisotopic (exact) mass is 353 g/mol. The molecule has 1 aromatic heterocycles. The van der Waals surface area contributed by atoms with Crippen molar-refractivity contribution in [3.8, 4) is 11.4 Å². The summed E-state index contributed by atoms with van der Waals surface area (Å²) in [5, 5.41) is 11.9. The molecule has 7 heteroatoms. The lowest BCUT2D eigenvalue weighted by molar-refractivity contribution is -0.113. The first kappa shape index (κ1) is 17.0. The van der Waals surface area contributed by atoms with E-state index in [1.807, 2.05) is 67.1 Å². The number of nitrogens with two attached hydrogens (primary N) is 1. The summed E-state index contributed by atoms with van der Waals surface area (Å²) in [6, 6.07) is 15.2. The average molecular weight is 353 g/mol. The van der Waals surface area contributed by atoms with Crippen molar-refractivity contribution >= 4 is 29.0 Å². The van der Waals surface area contributed by atoms with Crippen LogP contribution in [0.2, 0.25) is 0 Å². The van der Waals surface area contributed by atoms with Gasteiger partial charge in [0.15, 0.2) is 11.0 Å². The normalized spacial score (nSPS) is 10.6. The molecule has 25 heavy (non-hydrogen) atoms. The van der Waals surface area contributed by atoms with Crippen LogP contribution in [-0.2, 0) is 11.8 Å². The van der Waals surface area contributed by atoms with E-state index in [0.29, 0.717) is 16.7 Å². The fourth-order valence-electron chi connectivity index (χ4n) is 2.43. The molecule has 128 valence electrons. The Bertz CT molecular complexity index is 906. The van der Waals surface area contributed by atoms with Crippen molar-refractivity contribution in [2.45, 2.75) is 12.1 Å². The number of aromatic nitrogens is 3. The third-order valence-corrected chi connectivity index (χ3v) is 4.69. The summed E-state index contributed by atoms with van der Waals surface area (Å²) in [5.74, 6) is 0.851. The van der Waals surface area contributed by atoms with Gasteiger partial charge in [0.05, 0.1) is 5.75 Å². The van der Waals surface area contributed by atoms with Crippen molar-refractivity contribution in [1.29, 1.82) is 0 Å². The van der Waals surface area contributed by atoms with Crippen molar-refractivity contribution < 1.29 is 4.79 Å². The molecule has 3 rings (SSSR count). The molecule has 1 amide bonds. The molecule has 0 saturated heterocycles. The van der Waals surface area contributed by atoms with Crippen molar-refractivity contribution in [1.82, 2.24) is 14.8 Å². The number of hydrogen-bond donors (Lipinski definition) is 2. The number of amides is 1. The van der Waals surface area contributed by atoms with Crippen molar-refractivity contribution in [3.63, 3.8) is 0 Å². The number of anilines is 2. The highest BCUT2D eigenvalue weighted by atomic mass is 32.2. The predicted octanol–water partition coefficient (Wildman–Crippen LogP) is 3.10. The maximum Gasteiger partial charge on any atom is 0.234 e. The minimum absolute atomic E-state index is 0.0839. The number of thioether (sulfide) groups is 1. The van der Waals surface area contributed by atoms with Crippen LogP contribution in [0.25, 0.3) is 11.4 Å². The van der Waals surface area contributed by atoms with Gasteiger partial charge in [0.25, 0.3) is 0 Å². The summed E-state index contributed by atoms with van der Waals surface area (Å²) in [4.78, 5) is 12.1. The summed E-state index contributed by atoms with van der Waals surface area (Å²) >= 11 is 1.34. The van der Waals surface area contributed by atoms with E-state index in [1.165, 1.54) is 11.8 Å². The molecule has 0 aliphatic carbocycles. The highest BCUT2D eigenvalue weighted by Crippen LogP contribution is 2.26. The molecule has 0 saturated carbocycles. The lowest BCUT2D eigenvalue weighted by Gasteiger charge is -2.07. The lowest BCUT2D eigenvalue weighted by Crippen LogP contribution is -2.14. The zero-order chi connectivity index (χ0) is 17.8. The Hall–Kier alpha value is -2.80. The van der Waals surface area contributed by atoms with Gasteiger partial charge in [-0.1, -0.05) is 36.0 Å². The second kappa shape index (κ2) is 7.40. The number of nitrogens with one attached hydrogen (secondary N) is 1. The molecule has 0 aliphatic heterocycles. The number of nitrogen functional groups attached to an aromatic ring is 1. The fraction of sp³-hybridized carbons (Fsp3) is 0.167. The van der Waals surface area contributed by atoms with Crippen LogP contribution in [0, 0.1) is 6.92 Å². The molecule has 3 aromatic rings. The van der Waals surface area contributed by atoms with Crippen molar-refractivity contribution in [3.05, 3.63) is 54.1 Å². The molecule has 0 spiro atoms. The molecule has 0 radical (unpaired) electrons. The zero-order valence-electron chi connectivity index (χ0n) is 14.1. The van der Waals surface area contributed by atoms with Crippen LogP contribution in [0.4, 0.5) is 11.4 Å². The summed E-state index contributed by atoms with van der Waals surface area (Å²) in [5.41, 5.74) is 9.37. The van der Waals surface area contributed by atoms with Crippen LogP contribution in [0.5, 0.6) is 0 Å². The predicted molar refractivity (Wildman–Crippen MR) is 101 cm³/mol. The topological polar surface area (TPSA) is 85.8 Å². The molecular weight excluding hydrogens is 334 g/mol. The zero-order valence-corrected chi connectivity index (χ0v) is 14.9. The van der Waals surface area contributed by atoms with E-state index >= 15 is 0 Å². The molecule has 0 unspecified atom stereocenters. The third kappa shape index (κ3) is 4.00. The fourth-order valence-corrected chi connectivity index (χ4v) is 3.14. The SMILES string of the molecule is Cc1cccc(NC(=O)CSc2nnc(-c3ccccc3N)n2C)c1. The van der Waals surface area contributed by atoms with E-state index in [2.05, 4.69) is 15.5 Å². The summed E-state index contributed by atoms with van der Waals surface area (Å²) < 4.78 is 1.84. The van der Waals surface area contributed by atoms with Gasteiger partial charge in [0.2, 0.25) is 5.91 Å². The van der Waals surface area contributed by atoms with E-state index in [1.54, 1.807) is 0 Å². The molecule has 0 atom stereocenters. The number of hydrogen-bond acceptors (Lipinski definition) is 5. The summed E-state index contributed by atoms with van der Waals surface area (Å²) in [6.07, 6.45) is 0. The maximum atomic E-state index is 12.1. The van der Waals surface area contributed by atoms with Gasteiger partial charge in [0.1, 0.15) is 0 Å². The maximum absolute atomic E-state index is 12.1. The van der Waals surface area contributed by atoms with Crippen LogP contribution in [0.15, 0.2) is 53.7 Å². The van der Waals surface area contributed by atoms with E-state index in [9.17, 15) is 4.79 Å². The molecule has 6 nitrogen and oxygen atoms in total. The second-order valence-electron chi connectivity index (χ2n) is 5.66. The molecular formula is C18H19N5OS. The minimum atomic E-state index is -0.0839. The molecule has 0 fully saturated rings. The molecule has 3 N–H and O–H groups in total. The van der Waals surface area contributed by atoms with Crippen LogP contribution in [-0.4, -0.2) is 26.4 Å². The van der Waals surface area contributed by atoms with Gasteiger partial charge >= 0.3 is 0 Å². The number of rotatable bonds is 5. The number of carbonyl (C=O) groups excluding carboxylic acids is 1. The smallest absolute Gasteiger partial charge is 0.234 e. The van der Waals surface area contributed by atoms with E-state index in [4.69, 9.17) is 5.73 Å². The van der Waals surface area contributed by atoms with Crippen LogP contribution >= 0.6 is 11.8 Å². The lowest BCUT2D eigenvalue weighted by atomic mass is 10.2. The first-order chi connectivity index (χ1) is 12.0. The minimum Gasteiger partial charge on any atom is -0.398 e. The van der Waals surface area contributed by atoms with Gasteiger partial charge in [-0.05, 0) is 36.8 Å². The van der Waals surface area contributed by atoms with Crippen LogP contribution < -0.4 is 11.1 Å². The van der Waals surface area contributed by atoms with Crippen molar-refractivity contribution in [2.24, 2.45) is 7.05 Å². The number of aryl methyl sites for hydroxylation is 1. The number of benzene rings is 2. The Kier molecular flexibility index (Phi) is 5.04. The molecule has 0 aliphatic rings. The number of nitrogens with zero attached hydrogens (tertiary/aromatic N) is 3. The Balaban J connectivity index is 1.66. The van der Waals surface area contributed by atoms with Gasteiger partial charge in [0, 0.05) is 24.0 Å². The van der Waals surface area contributed by atoms with Gasteiger partial charge in [-0.2, -0.15) is 0 Å². The second-order valence-corrected chi connectivity index (χ2v) is 6.60. The van der Waals surface area contributed by atoms with Crippen LogP contribution in [0.3, 0.4) is 0 Å². The van der Waals surface area contributed by atoms with Gasteiger partial charge < -0.3 is 15.6 Å². The Labute approximate surface area is 150 Å². The number of para-hydroxylation sites is 1. The first-order valence-corrected chi connectivity index (χ1v) is 8.77. The third-order valence-electron chi connectivity index (χ3n) is 3.67. The van der Waals surface area contributed by atoms with E-state index in [0.717, 1.165) is 16.8 Å². The Morgan fingerprint density at radius 2 is 2.00 bits per heavy atom. The standard InChI is InChI=1S/C18H19N5OS/c1-12-6-5-7-13(10-12)20-16(24)11-25-18-22-21-17(23(18)2)14-8-3-4-9-15(14)19/h3-10H,11,19H2,1-2H3,(H,20,24). The van der Waals surface area contributed by atoms with Gasteiger partial charge in [-0.3, -0.25) is 4.79 Å². The molecule has 0 bridgehead atoms. The largest absolute Gasteiger partial charge is 0.398 e. The van der Waals surface area contributed by atoms with Gasteiger partial charge in [-0.25, -0.2) is 0 Å². The average Bonchev–Trinajstić information content (AvgIpc) is 2.94. The highest BCUT2D eigenvalue weighted by molar-refractivity contribution is 7.99. The first-order valence-electron chi connectivity index (χ1n) is 7.78. The van der Waals surface area contributed by atoms with Crippen LogP contribution in [0.1, 0.15) is 5.56 Å². The quantitative estimate of drug-likeness (QED) is 0.544. The Morgan fingerprint density at radius 1 is 1.20 bits per heavy atom. The van der Waals surface area contributed by atoms with E-state index in [-0.39, 0.29) is 11.7 Å². The van der Waals surface area contributed by atoms with E-state index < -0.39 is 0 Å². The Morgan fingerprint density at radius 3 is 2.76 bits per heavy atom.